The lowest BCUT2D eigenvalue weighted by molar-refractivity contribution is -0.125. The van der Waals surface area contributed by atoms with Crippen LogP contribution in [0.3, 0.4) is 0 Å². The fraction of sp³-hybridized carbons (Fsp3) is 0.176. The zero-order valence-electron chi connectivity index (χ0n) is 12.1. The van der Waals surface area contributed by atoms with Crippen molar-refractivity contribution in [1.82, 2.24) is 0 Å². The highest BCUT2D eigenvalue weighted by Crippen LogP contribution is 2.31. The average Bonchev–Trinajstić information content (AvgIpc) is 2.95. The van der Waals surface area contributed by atoms with Crippen LogP contribution in [0.5, 0.6) is 11.5 Å². The molecule has 0 saturated heterocycles. The molecule has 2 aliphatic heterocycles. The van der Waals surface area contributed by atoms with Gasteiger partial charge in [-0.15, -0.1) is 0 Å². The van der Waals surface area contributed by atoms with Gasteiger partial charge in [-0.05, 0) is 30.3 Å². The zero-order valence-corrected chi connectivity index (χ0v) is 12.1. The molecule has 0 fully saturated rings. The number of amides is 1. The smallest absolute Gasteiger partial charge is 0.338 e. The first-order valence-electron chi connectivity index (χ1n) is 7.20. The highest BCUT2D eigenvalue weighted by atomic mass is 16.6. The molecule has 0 saturated carbocycles. The largest absolute Gasteiger partial charge is 0.485 e. The van der Waals surface area contributed by atoms with Gasteiger partial charge >= 0.3 is 5.97 Å². The number of anilines is 1. The Morgan fingerprint density at radius 2 is 1.91 bits per heavy atom. The molecular weight excluding hydrogens is 298 g/mol. The second kappa shape index (κ2) is 5.31. The van der Waals surface area contributed by atoms with Crippen LogP contribution in [0.2, 0.25) is 0 Å². The van der Waals surface area contributed by atoms with E-state index in [1.807, 2.05) is 12.1 Å². The van der Waals surface area contributed by atoms with E-state index >= 15 is 0 Å². The summed E-state index contributed by atoms with van der Waals surface area (Å²) in [6.07, 6.45) is -0.726. The maximum absolute atomic E-state index is 12.3. The molecule has 1 atom stereocenters. The quantitative estimate of drug-likeness (QED) is 0.860. The van der Waals surface area contributed by atoms with Crippen LogP contribution >= 0.6 is 0 Å². The van der Waals surface area contributed by atoms with Crippen LogP contribution < -0.4 is 14.8 Å². The molecule has 0 unspecified atom stereocenters. The van der Waals surface area contributed by atoms with Gasteiger partial charge in [0, 0.05) is 11.3 Å². The van der Waals surface area contributed by atoms with Gasteiger partial charge in [-0.1, -0.05) is 12.1 Å². The first-order chi connectivity index (χ1) is 11.2. The summed E-state index contributed by atoms with van der Waals surface area (Å²) in [5.41, 5.74) is 1.89. The van der Waals surface area contributed by atoms with Crippen LogP contribution in [-0.4, -0.2) is 24.6 Å². The van der Waals surface area contributed by atoms with Crippen molar-refractivity contribution in [2.45, 2.75) is 12.7 Å². The minimum absolute atomic E-state index is 0.148. The van der Waals surface area contributed by atoms with E-state index in [1.54, 1.807) is 30.3 Å². The molecule has 4 rings (SSSR count). The van der Waals surface area contributed by atoms with E-state index < -0.39 is 6.10 Å². The molecule has 1 amide bonds. The minimum atomic E-state index is -0.726. The van der Waals surface area contributed by atoms with Crippen molar-refractivity contribution in [3.63, 3.8) is 0 Å². The maximum Gasteiger partial charge on any atom is 0.338 e. The topological polar surface area (TPSA) is 73.9 Å². The molecular formula is C17H13NO5. The minimum Gasteiger partial charge on any atom is -0.485 e. The van der Waals surface area contributed by atoms with Gasteiger partial charge in [0.25, 0.3) is 5.91 Å². The zero-order chi connectivity index (χ0) is 15.8. The second-order valence-electron chi connectivity index (χ2n) is 5.30. The van der Waals surface area contributed by atoms with E-state index in [9.17, 15) is 9.59 Å². The Balaban J connectivity index is 1.48. The summed E-state index contributed by atoms with van der Waals surface area (Å²) in [5.74, 6) is 0.541. The van der Waals surface area contributed by atoms with Gasteiger partial charge in [0.1, 0.15) is 13.2 Å². The van der Waals surface area contributed by atoms with E-state index in [-0.39, 0.29) is 25.1 Å². The van der Waals surface area contributed by atoms with E-state index in [0.29, 0.717) is 22.7 Å². The number of rotatable bonds is 2. The monoisotopic (exact) mass is 311 g/mol. The standard InChI is InChI=1S/C17H13NO5/c19-16(15-9-21-13-3-1-2-4-14(13)23-15)18-11-5-6-12-10(7-11)8-22-17(12)20/h1-7,15H,8-9H2,(H,18,19)/t15-/m0/s1. The van der Waals surface area contributed by atoms with Crippen molar-refractivity contribution in [2.75, 3.05) is 11.9 Å². The van der Waals surface area contributed by atoms with Crippen molar-refractivity contribution in [2.24, 2.45) is 0 Å². The summed E-state index contributed by atoms with van der Waals surface area (Å²) in [6, 6.07) is 12.3. The summed E-state index contributed by atoms with van der Waals surface area (Å²) in [4.78, 5) is 23.7. The third-order valence-corrected chi connectivity index (χ3v) is 3.75. The van der Waals surface area contributed by atoms with E-state index in [4.69, 9.17) is 14.2 Å². The molecule has 1 N–H and O–H groups in total. The Kier molecular flexibility index (Phi) is 3.15. The highest BCUT2D eigenvalue weighted by Gasteiger charge is 2.28. The number of carbonyl (C=O) groups excluding carboxylic acids is 2. The first kappa shape index (κ1) is 13.6. The molecule has 2 aromatic carbocycles. The molecule has 0 aliphatic carbocycles. The molecule has 2 heterocycles. The molecule has 23 heavy (non-hydrogen) atoms. The summed E-state index contributed by atoms with van der Waals surface area (Å²) >= 11 is 0. The molecule has 2 aromatic rings. The lowest BCUT2D eigenvalue weighted by Gasteiger charge is -2.25. The number of hydrogen-bond donors (Lipinski definition) is 1. The van der Waals surface area contributed by atoms with E-state index in [0.717, 1.165) is 5.56 Å². The summed E-state index contributed by atoms with van der Waals surface area (Å²) in [5, 5.41) is 2.78. The van der Waals surface area contributed by atoms with Crippen molar-refractivity contribution in [3.05, 3.63) is 53.6 Å². The Labute approximate surface area is 132 Å². The average molecular weight is 311 g/mol. The van der Waals surface area contributed by atoms with E-state index in [2.05, 4.69) is 5.32 Å². The van der Waals surface area contributed by atoms with Crippen molar-refractivity contribution in [1.29, 1.82) is 0 Å². The van der Waals surface area contributed by atoms with Gasteiger partial charge in [0.15, 0.2) is 11.5 Å². The van der Waals surface area contributed by atoms with Gasteiger partial charge < -0.3 is 19.5 Å². The molecule has 0 bridgehead atoms. The fourth-order valence-electron chi connectivity index (χ4n) is 2.58. The number of benzene rings is 2. The van der Waals surface area contributed by atoms with Crippen LogP contribution in [-0.2, 0) is 16.1 Å². The van der Waals surface area contributed by atoms with Gasteiger partial charge in [0.05, 0.1) is 5.56 Å². The molecule has 0 radical (unpaired) electrons. The van der Waals surface area contributed by atoms with Crippen LogP contribution in [0.15, 0.2) is 42.5 Å². The SMILES string of the molecule is O=C1OCc2cc(NC(=O)[C@@H]3COc4ccccc4O3)ccc21. The number of fused-ring (bicyclic) bond motifs is 2. The number of nitrogens with one attached hydrogen (secondary N) is 1. The van der Waals surface area contributed by atoms with Crippen LogP contribution in [0.1, 0.15) is 15.9 Å². The van der Waals surface area contributed by atoms with Crippen molar-refractivity contribution < 1.29 is 23.8 Å². The van der Waals surface area contributed by atoms with E-state index in [1.165, 1.54) is 0 Å². The van der Waals surface area contributed by atoms with Crippen LogP contribution in [0.25, 0.3) is 0 Å². The third-order valence-electron chi connectivity index (χ3n) is 3.75. The van der Waals surface area contributed by atoms with Crippen LogP contribution in [0, 0.1) is 0 Å². The number of para-hydroxylation sites is 2. The van der Waals surface area contributed by atoms with Crippen LogP contribution in [0.4, 0.5) is 5.69 Å². The van der Waals surface area contributed by atoms with Crippen molar-refractivity contribution in [3.8, 4) is 11.5 Å². The normalized spacial score (nSPS) is 18.1. The highest BCUT2D eigenvalue weighted by molar-refractivity contribution is 5.97. The molecule has 0 aromatic heterocycles. The predicted octanol–water partition coefficient (Wildman–Crippen LogP) is 2.14. The molecule has 6 nitrogen and oxygen atoms in total. The number of cyclic esters (lactones) is 1. The summed E-state index contributed by atoms with van der Waals surface area (Å²) in [7, 11) is 0. The third kappa shape index (κ3) is 2.48. The maximum atomic E-state index is 12.3. The number of ether oxygens (including phenoxy) is 3. The molecule has 0 spiro atoms. The fourth-order valence-corrected chi connectivity index (χ4v) is 2.58. The Morgan fingerprint density at radius 1 is 1.09 bits per heavy atom. The number of carbonyl (C=O) groups is 2. The van der Waals surface area contributed by atoms with Gasteiger partial charge in [0.2, 0.25) is 6.10 Å². The number of esters is 1. The summed E-state index contributed by atoms with van der Waals surface area (Å²) in [6.45, 7) is 0.379. The Hall–Kier alpha value is -3.02. The Morgan fingerprint density at radius 3 is 2.78 bits per heavy atom. The lowest BCUT2D eigenvalue weighted by Crippen LogP contribution is -2.40. The first-order valence-corrected chi connectivity index (χ1v) is 7.20. The van der Waals surface area contributed by atoms with Crippen molar-refractivity contribution >= 4 is 17.6 Å². The lowest BCUT2D eigenvalue weighted by atomic mass is 10.1. The molecule has 6 heteroatoms. The Bertz CT molecular complexity index is 801. The van der Waals surface area contributed by atoms with Gasteiger partial charge in [-0.2, -0.15) is 0 Å². The molecule has 116 valence electrons. The predicted molar refractivity (Wildman–Crippen MR) is 80.5 cm³/mol. The molecule has 2 aliphatic rings. The summed E-state index contributed by atoms with van der Waals surface area (Å²) < 4.78 is 16.1. The van der Waals surface area contributed by atoms with Gasteiger partial charge in [-0.25, -0.2) is 4.79 Å². The van der Waals surface area contributed by atoms with Gasteiger partial charge in [-0.3, -0.25) is 4.79 Å². The second-order valence-corrected chi connectivity index (χ2v) is 5.30. The number of hydrogen-bond acceptors (Lipinski definition) is 5.